The van der Waals surface area contributed by atoms with Crippen LogP contribution in [0.15, 0.2) is 47.6 Å². The normalized spacial score (nSPS) is 11.8. The first kappa shape index (κ1) is 23.1. The predicted molar refractivity (Wildman–Crippen MR) is 119 cm³/mol. The number of aromatic nitrogens is 3. The number of hydrogen-bond acceptors (Lipinski definition) is 5. The van der Waals surface area contributed by atoms with E-state index < -0.39 is 17.8 Å². The molecule has 11 heteroatoms. The number of carbonyl (C=O) groups excluding carboxylic acids is 2. The lowest BCUT2D eigenvalue weighted by Crippen LogP contribution is -2.29. The summed E-state index contributed by atoms with van der Waals surface area (Å²) in [5, 5.41) is 14.9. The predicted octanol–water partition coefficient (Wildman–Crippen LogP) is 4.48. The highest BCUT2D eigenvalue weighted by molar-refractivity contribution is 7.99. The molecule has 2 aromatic carbocycles. The number of thioether (sulfide) groups is 1. The first-order valence-corrected chi connectivity index (χ1v) is 10.8. The molecule has 0 spiro atoms. The van der Waals surface area contributed by atoms with Crippen LogP contribution in [0.1, 0.15) is 29.1 Å². The van der Waals surface area contributed by atoms with Crippen LogP contribution in [0.25, 0.3) is 0 Å². The first-order valence-electron chi connectivity index (χ1n) is 9.08. The Kier molecular flexibility index (Phi) is 7.53. The molecule has 3 aromatic rings. The molecule has 1 aromatic heterocycles. The molecular weight excluding hydrogens is 464 g/mol. The van der Waals surface area contributed by atoms with Crippen LogP contribution in [0.2, 0.25) is 10.0 Å². The first-order chi connectivity index (χ1) is 14.7. The molecule has 3 rings (SSSR count). The average molecular weight is 482 g/mol. The van der Waals surface area contributed by atoms with E-state index in [0.717, 1.165) is 0 Å². The highest BCUT2D eigenvalue weighted by Gasteiger charge is 2.20. The molecule has 0 saturated heterocycles. The van der Waals surface area contributed by atoms with E-state index in [0.29, 0.717) is 26.7 Å². The van der Waals surface area contributed by atoms with Gasteiger partial charge in [-0.05, 0) is 37.3 Å². The van der Waals surface area contributed by atoms with Crippen LogP contribution in [0, 0.1) is 5.82 Å². The number of anilines is 1. The van der Waals surface area contributed by atoms with Crippen LogP contribution >= 0.6 is 35.0 Å². The van der Waals surface area contributed by atoms with Gasteiger partial charge in [-0.15, -0.1) is 10.2 Å². The van der Waals surface area contributed by atoms with Gasteiger partial charge in [0.05, 0.1) is 17.4 Å². The number of hydrogen-bond donors (Lipinski definition) is 2. The van der Waals surface area contributed by atoms with Gasteiger partial charge in [0, 0.05) is 22.8 Å². The number of amides is 2. The Morgan fingerprint density at radius 3 is 2.52 bits per heavy atom. The van der Waals surface area contributed by atoms with Crippen LogP contribution in [0.5, 0.6) is 0 Å². The zero-order valence-corrected chi connectivity index (χ0v) is 18.9. The lowest BCUT2D eigenvalue weighted by molar-refractivity contribution is -0.113. The molecule has 0 aliphatic carbocycles. The number of nitrogens with zero attached hydrogens (tertiary/aromatic N) is 3. The Balaban J connectivity index is 1.59. The van der Waals surface area contributed by atoms with E-state index >= 15 is 0 Å². The Hall–Kier alpha value is -2.62. The Labute approximate surface area is 192 Å². The summed E-state index contributed by atoms with van der Waals surface area (Å²) in [5.41, 5.74) is 0.440. The van der Waals surface area contributed by atoms with Gasteiger partial charge in [0.15, 0.2) is 11.0 Å². The zero-order chi connectivity index (χ0) is 22.5. The minimum Gasteiger partial charge on any atom is -0.342 e. The maximum Gasteiger partial charge on any atom is 0.254 e. The summed E-state index contributed by atoms with van der Waals surface area (Å²) in [6.07, 6.45) is 0. The van der Waals surface area contributed by atoms with Crippen LogP contribution < -0.4 is 10.6 Å². The van der Waals surface area contributed by atoms with E-state index in [4.69, 9.17) is 23.2 Å². The third-order valence-corrected chi connectivity index (χ3v) is 5.66. The molecule has 0 bridgehead atoms. The highest BCUT2D eigenvalue weighted by atomic mass is 35.5. The van der Waals surface area contributed by atoms with Crippen LogP contribution in [0.4, 0.5) is 10.1 Å². The maximum absolute atomic E-state index is 13.8. The summed E-state index contributed by atoms with van der Waals surface area (Å²) in [5.74, 6) is -0.884. The number of carbonyl (C=O) groups is 2. The smallest absolute Gasteiger partial charge is 0.254 e. The van der Waals surface area contributed by atoms with Crippen LogP contribution in [-0.2, 0) is 11.8 Å². The standard InChI is InChI=1S/C20H18Cl2FN5O2S/c1-11(24-19(30)15-5-3-4-6-16(15)23)18-26-27-20(28(18)2)31-10-17(29)25-14-8-12(21)7-13(22)9-14/h3-9,11H,10H2,1-2H3,(H,24,30)(H,25,29)/t11-/m1/s1. The average Bonchev–Trinajstić information content (AvgIpc) is 3.06. The quantitative estimate of drug-likeness (QED) is 0.485. The van der Waals surface area contributed by atoms with E-state index in [1.165, 1.54) is 30.0 Å². The molecule has 31 heavy (non-hydrogen) atoms. The van der Waals surface area contributed by atoms with Crippen molar-refractivity contribution >= 4 is 52.5 Å². The number of rotatable bonds is 7. The van der Waals surface area contributed by atoms with Crippen molar-refractivity contribution in [3.8, 4) is 0 Å². The Bertz CT molecular complexity index is 1100. The van der Waals surface area contributed by atoms with Crippen molar-refractivity contribution in [1.82, 2.24) is 20.1 Å². The molecule has 1 heterocycles. The Morgan fingerprint density at radius 1 is 1.16 bits per heavy atom. The van der Waals surface area contributed by atoms with Gasteiger partial charge in [-0.1, -0.05) is 47.1 Å². The molecule has 2 amide bonds. The summed E-state index contributed by atoms with van der Waals surface area (Å²) < 4.78 is 15.5. The van der Waals surface area contributed by atoms with E-state index in [1.807, 2.05) is 0 Å². The number of benzene rings is 2. The van der Waals surface area contributed by atoms with E-state index in [1.54, 1.807) is 42.8 Å². The fourth-order valence-corrected chi connectivity index (χ4v) is 4.01. The maximum atomic E-state index is 13.8. The van der Waals surface area contributed by atoms with Crippen molar-refractivity contribution in [2.24, 2.45) is 7.05 Å². The summed E-state index contributed by atoms with van der Waals surface area (Å²) in [6, 6.07) is 9.95. The van der Waals surface area contributed by atoms with Crippen molar-refractivity contribution in [2.75, 3.05) is 11.1 Å². The van der Waals surface area contributed by atoms with Crippen LogP contribution in [0.3, 0.4) is 0 Å². The summed E-state index contributed by atoms with van der Waals surface area (Å²) >= 11 is 13.0. The number of halogens is 3. The van der Waals surface area contributed by atoms with Gasteiger partial charge >= 0.3 is 0 Å². The molecular formula is C20H18Cl2FN5O2S. The van der Waals surface area contributed by atoms with Gasteiger partial charge in [0.1, 0.15) is 5.82 Å². The van der Waals surface area contributed by atoms with E-state index in [9.17, 15) is 14.0 Å². The van der Waals surface area contributed by atoms with Gasteiger partial charge < -0.3 is 15.2 Å². The molecule has 2 N–H and O–H groups in total. The summed E-state index contributed by atoms with van der Waals surface area (Å²) in [4.78, 5) is 24.5. The molecule has 7 nitrogen and oxygen atoms in total. The lowest BCUT2D eigenvalue weighted by atomic mass is 10.2. The van der Waals surface area contributed by atoms with Crippen molar-refractivity contribution in [2.45, 2.75) is 18.1 Å². The minimum atomic E-state index is -0.603. The third kappa shape index (κ3) is 5.96. The van der Waals surface area contributed by atoms with Crippen LogP contribution in [-0.4, -0.2) is 32.3 Å². The van der Waals surface area contributed by atoms with Crippen molar-refractivity contribution < 1.29 is 14.0 Å². The van der Waals surface area contributed by atoms with Crippen molar-refractivity contribution in [1.29, 1.82) is 0 Å². The topological polar surface area (TPSA) is 88.9 Å². The fourth-order valence-electron chi connectivity index (χ4n) is 2.77. The van der Waals surface area contributed by atoms with Gasteiger partial charge in [-0.3, -0.25) is 9.59 Å². The second kappa shape index (κ2) is 10.1. The molecule has 162 valence electrons. The molecule has 1 atom stereocenters. The molecule has 0 fully saturated rings. The zero-order valence-electron chi connectivity index (χ0n) is 16.5. The molecule has 0 radical (unpaired) electrons. The lowest BCUT2D eigenvalue weighted by Gasteiger charge is -2.14. The third-order valence-electron chi connectivity index (χ3n) is 4.20. The molecule has 0 unspecified atom stereocenters. The second-order valence-corrected chi connectivity index (χ2v) is 8.39. The monoisotopic (exact) mass is 481 g/mol. The highest BCUT2D eigenvalue weighted by Crippen LogP contribution is 2.24. The van der Waals surface area contributed by atoms with Gasteiger partial charge in [0.25, 0.3) is 5.91 Å². The van der Waals surface area contributed by atoms with E-state index in [-0.39, 0.29) is 17.2 Å². The molecule has 0 aliphatic rings. The van der Waals surface area contributed by atoms with Gasteiger partial charge in [-0.25, -0.2) is 4.39 Å². The second-order valence-electron chi connectivity index (χ2n) is 6.57. The fraction of sp³-hybridized carbons (Fsp3) is 0.200. The van der Waals surface area contributed by atoms with Gasteiger partial charge in [-0.2, -0.15) is 0 Å². The Morgan fingerprint density at radius 2 is 1.84 bits per heavy atom. The van der Waals surface area contributed by atoms with E-state index in [2.05, 4.69) is 20.8 Å². The number of nitrogens with one attached hydrogen (secondary N) is 2. The van der Waals surface area contributed by atoms with Crippen molar-refractivity contribution in [3.05, 3.63) is 69.7 Å². The largest absolute Gasteiger partial charge is 0.342 e. The molecule has 0 aliphatic heterocycles. The molecule has 0 saturated carbocycles. The summed E-state index contributed by atoms with van der Waals surface area (Å²) in [6.45, 7) is 1.72. The van der Waals surface area contributed by atoms with Gasteiger partial charge in [0.2, 0.25) is 5.91 Å². The summed E-state index contributed by atoms with van der Waals surface area (Å²) in [7, 11) is 1.72. The van der Waals surface area contributed by atoms with Crippen molar-refractivity contribution in [3.63, 3.8) is 0 Å². The SMILES string of the molecule is C[C@@H](NC(=O)c1ccccc1F)c1nnc(SCC(=O)Nc2cc(Cl)cc(Cl)c2)n1C. The minimum absolute atomic E-state index is 0.0519.